The Kier molecular flexibility index (Phi) is 3.36. The topological polar surface area (TPSA) is 41.1 Å². The lowest BCUT2D eigenvalue weighted by Crippen LogP contribution is -2.45. The van der Waals surface area contributed by atoms with Gasteiger partial charge >= 0.3 is 6.18 Å². The highest BCUT2D eigenvalue weighted by atomic mass is 19.4. The first-order valence-electron chi connectivity index (χ1n) is 4.52. The first-order valence-corrected chi connectivity index (χ1v) is 4.52. The van der Waals surface area contributed by atoms with Crippen molar-refractivity contribution < 1.29 is 18.0 Å². The highest BCUT2D eigenvalue weighted by Crippen LogP contribution is 2.30. The Labute approximate surface area is 80.0 Å². The van der Waals surface area contributed by atoms with E-state index in [1.807, 2.05) is 0 Å². The molecule has 3 nitrogen and oxygen atoms in total. The Hall–Kier alpha value is -0.780. The molecule has 82 valence electrons. The number of rotatable bonds is 2. The average molecular weight is 210 g/mol. The molecule has 1 fully saturated rings. The normalized spacial score (nSPS) is 27.7. The summed E-state index contributed by atoms with van der Waals surface area (Å²) in [7, 11) is 0. The van der Waals surface area contributed by atoms with E-state index in [9.17, 15) is 18.0 Å². The molecule has 1 heterocycles. The third-order valence-corrected chi connectivity index (χ3v) is 2.30. The molecule has 1 aliphatic rings. The summed E-state index contributed by atoms with van der Waals surface area (Å²) in [6, 6.07) is -0.817. The van der Waals surface area contributed by atoms with Gasteiger partial charge in [0.15, 0.2) is 0 Å². The predicted octanol–water partition coefficient (Wildman–Crippen LogP) is 0.663. The van der Waals surface area contributed by atoms with Gasteiger partial charge in [-0.05, 0) is 0 Å². The number of carbonyl (C=O) groups is 1. The highest BCUT2D eigenvalue weighted by Gasteiger charge is 2.47. The molecule has 1 amide bonds. The summed E-state index contributed by atoms with van der Waals surface area (Å²) < 4.78 is 37.1. The van der Waals surface area contributed by atoms with E-state index in [4.69, 9.17) is 0 Å². The molecule has 1 rings (SSSR count). The Balaban J connectivity index is 2.56. The molecule has 0 spiro atoms. The largest absolute Gasteiger partial charge is 0.395 e. The van der Waals surface area contributed by atoms with Crippen molar-refractivity contribution in [1.82, 2.24) is 10.6 Å². The van der Waals surface area contributed by atoms with Gasteiger partial charge in [-0.15, -0.1) is 0 Å². The number of amides is 1. The fourth-order valence-corrected chi connectivity index (χ4v) is 1.48. The summed E-state index contributed by atoms with van der Waals surface area (Å²) in [4.78, 5) is 10.9. The van der Waals surface area contributed by atoms with Crippen LogP contribution in [0, 0.1) is 5.92 Å². The molecule has 0 unspecified atom stereocenters. The van der Waals surface area contributed by atoms with Crippen LogP contribution in [0.4, 0.5) is 13.2 Å². The fraction of sp³-hybridized carbons (Fsp3) is 0.875. The molecule has 14 heavy (non-hydrogen) atoms. The van der Waals surface area contributed by atoms with Crippen molar-refractivity contribution in [3.05, 3.63) is 0 Å². The van der Waals surface area contributed by atoms with Crippen LogP contribution in [-0.2, 0) is 4.79 Å². The Bertz CT molecular complexity index is 217. The number of nitrogens with one attached hydrogen (secondary N) is 2. The van der Waals surface area contributed by atoms with Crippen molar-refractivity contribution >= 4 is 5.91 Å². The Morgan fingerprint density at radius 1 is 1.50 bits per heavy atom. The summed E-state index contributed by atoms with van der Waals surface area (Å²) in [6.45, 7) is 1.69. The van der Waals surface area contributed by atoms with Gasteiger partial charge in [0.2, 0.25) is 5.91 Å². The van der Waals surface area contributed by atoms with Gasteiger partial charge in [-0.1, -0.05) is 6.92 Å². The summed E-state index contributed by atoms with van der Waals surface area (Å²) in [5, 5.41) is 4.99. The van der Waals surface area contributed by atoms with Gasteiger partial charge in [-0.2, -0.15) is 13.2 Å². The Morgan fingerprint density at radius 3 is 2.64 bits per heavy atom. The van der Waals surface area contributed by atoms with Crippen LogP contribution in [-0.4, -0.2) is 31.2 Å². The maximum absolute atomic E-state index is 12.4. The molecule has 1 aliphatic heterocycles. The van der Waals surface area contributed by atoms with Crippen LogP contribution in [0.25, 0.3) is 0 Å². The van der Waals surface area contributed by atoms with E-state index in [2.05, 4.69) is 10.6 Å². The maximum Gasteiger partial charge on any atom is 0.395 e. The van der Waals surface area contributed by atoms with Crippen molar-refractivity contribution in [1.29, 1.82) is 0 Å². The minimum absolute atomic E-state index is 0.113. The smallest absolute Gasteiger partial charge is 0.351 e. The standard InChI is InChI=1S/C8H13F3N2O/c1-2-7(14)13-6-4-12-3-5(6)8(9,10)11/h5-6,12H,2-4H2,1H3,(H,13,14)/t5-,6-/m1/s1. The number of halogens is 3. The first kappa shape index (κ1) is 11.3. The summed E-state index contributed by atoms with van der Waals surface area (Å²) in [5.41, 5.74) is 0. The molecule has 0 radical (unpaired) electrons. The van der Waals surface area contributed by atoms with Crippen LogP contribution in [0.2, 0.25) is 0 Å². The van der Waals surface area contributed by atoms with Gasteiger partial charge in [0.1, 0.15) is 0 Å². The monoisotopic (exact) mass is 210 g/mol. The SMILES string of the molecule is CCC(=O)N[C@@H]1CNC[C@H]1C(F)(F)F. The molecule has 0 aromatic heterocycles. The van der Waals surface area contributed by atoms with Crippen molar-refractivity contribution in [2.75, 3.05) is 13.1 Å². The molecule has 0 bridgehead atoms. The zero-order chi connectivity index (χ0) is 10.8. The number of hydrogen-bond donors (Lipinski definition) is 2. The molecular weight excluding hydrogens is 197 g/mol. The molecule has 2 atom stereocenters. The van der Waals surface area contributed by atoms with Gasteiger partial charge in [0.25, 0.3) is 0 Å². The molecule has 0 aromatic carbocycles. The third kappa shape index (κ3) is 2.60. The lowest BCUT2D eigenvalue weighted by atomic mass is 10.0. The maximum atomic E-state index is 12.4. The molecule has 0 saturated carbocycles. The van der Waals surface area contributed by atoms with Crippen molar-refractivity contribution in [2.24, 2.45) is 5.92 Å². The number of carbonyl (C=O) groups excluding carboxylic acids is 1. The lowest BCUT2D eigenvalue weighted by molar-refractivity contribution is -0.174. The zero-order valence-corrected chi connectivity index (χ0v) is 7.82. The fourth-order valence-electron chi connectivity index (χ4n) is 1.48. The summed E-state index contributed by atoms with van der Waals surface area (Å²) in [6.07, 6.45) is -4.03. The summed E-state index contributed by atoms with van der Waals surface area (Å²) in [5.74, 6) is -1.80. The zero-order valence-electron chi connectivity index (χ0n) is 7.82. The van der Waals surface area contributed by atoms with Crippen LogP contribution in [0.5, 0.6) is 0 Å². The molecule has 1 saturated heterocycles. The second kappa shape index (κ2) is 4.16. The molecule has 0 aromatic rings. The van der Waals surface area contributed by atoms with Crippen molar-refractivity contribution in [3.8, 4) is 0 Å². The van der Waals surface area contributed by atoms with Gasteiger partial charge in [0, 0.05) is 19.5 Å². The van der Waals surface area contributed by atoms with Crippen molar-refractivity contribution in [2.45, 2.75) is 25.6 Å². The highest BCUT2D eigenvalue weighted by molar-refractivity contribution is 5.75. The van der Waals surface area contributed by atoms with E-state index in [1.165, 1.54) is 0 Å². The minimum atomic E-state index is -4.24. The van der Waals surface area contributed by atoms with Crippen molar-refractivity contribution in [3.63, 3.8) is 0 Å². The number of alkyl halides is 3. The molecule has 2 N–H and O–H groups in total. The minimum Gasteiger partial charge on any atom is -0.351 e. The lowest BCUT2D eigenvalue weighted by Gasteiger charge is -2.21. The van der Waals surface area contributed by atoms with Crippen LogP contribution < -0.4 is 10.6 Å². The van der Waals surface area contributed by atoms with E-state index >= 15 is 0 Å². The second-order valence-corrected chi connectivity index (χ2v) is 3.33. The average Bonchev–Trinajstić information content (AvgIpc) is 2.51. The van der Waals surface area contributed by atoms with Gasteiger partial charge in [-0.25, -0.2) is 0 Å². The van der Waals surface area contributed by atoms with Gasteiger partial charge in [0.05, 0.1) is 12.0 Å². The van der Waals surface area contributed by atoms with Gasteiger partial charge < -0.3 is 10.6 Å². The molecule has 0 aliphatic carbocycles. The molecule has 6 heteroatoms. The third-order valence-electron chi connectivity index (χ3n) is 2.30. The van der Waals surface area contributed by atoms with E-state index < -0.39 is 18.1 Å². The predicted molar refractivity (Wildman–Crippen MR) is 44.6 cm³/mol. The quantitative estimate of drug-likeness (QED) is 0.703. The van der Waals surface area contributed by atoms with E-state index in [-0.39, 0.29) is 25.4 Å². The van der Waals surface area contributed by atoms with E-state index in [1.54, 1.807) is 6.92 Å². The van der Waals surface area contributed by atoms with E-state index in [0.717, 1.165) is 0 Å². The summed E-state index contributed by atoms with van der Waals surface area (Å²) >= 11 is 0. The van der Waals surface area contributed by atoms with Crippen LogP contribution in [0.15, 0.2) is 0 Å². The van der Waals surface area contributed by atoms with Crippen LogP contribution in [0.1, 0.15) is 13.3 Å². The van der Waals surface area contributed by atoms with Gasteiger partial charge in [-0.3, -0.25) is 4.79 Å². The van der Waals surface area contributed by atoms with E-state index in [0.29, 0.717) is 0 Å². The van der Waals surface area contributed by atoms with Crippen LogP contribution in [0.3, 0.4) is 0 Å². The second-order valence-electron chi connectivity index (χ2n) is 3.33. The van der Waals surface area contributed by atoms with Crippen LogP contribution >= 0.6 is 0 Å². The Morgan fingerprint density at radius 2 is 2.14 bits per heavy atom. The molecular formula is C8H13F3N2O. The first-order chi connectivity index (χ1) is 6.45. The number of hydrogen-bond acceptors (Lipinski definition) is 2.